The molecular formula is C12H13FN2. The number of halogens is 1. The zero-order valence-electron chi connectivity index (χ0n) is 8.49. The number of rotatable bonds is 2. The lowest BCUT2D eigenvalue weighted by Crippen LogP contribution is -2.20. The third-order valence-electron chi connectivity index (χ3n) is 2.91. The molecule has 1 atom stereocenters. The molecule has 0 spiro atoms. The van der Waals surface area contributed by atoms with Crippen LogP contribution >= 0.6 is 0 Å². The molecule has 1 fully saturated rings. The van der Waals surface area contributed by atoms with Gasteiger partial charge in [0.05, 0.1) is 12.6 Å². The van der Waals surface area contributed by atoms with Crippen molar-refractivity contribution in [1.82, 2.24) is 4.90 Å². The largest absolute Gasteiger partial charge is 0.290 e. The fourth-order valence-electron chi connectivity index (χ4n) is 2.08. The second-order valence-corrected chi connectivity index (χ2v) is 3.93. The van der Waals surface area contributed by atoms with E-state index in [1.807, 2.05) is 12.1 Å². The van der Waals surface area contributed by atoms with Gasteiger partial charge in [-0.05, 0) is 36.6 Å². The van der Waals surface area contributed by atoms with Crippen LogP contribution in [0.4, 0.5) is 4.39 Å². The van der Waals surface area contributed by atoms with Crippen LogP contribution < -0.4 is 0 Å². The third-order valence-corrected chi connectivity index (χ3v) is 2.91. The number of benzene rings is 1. The fraction of sp³-hybridized carbons (Fsp3) is 0.417. The van der Waals surface area contributed by atoms with Crippen molar-refractivity contribution in [3.05, 3.63) is 35.6 Å². The van der Waals surface area contributed by atoms with Gasteiger partial charge in [-0.2, -0.15) is 5.26 Å². The predicted molar refractivity (Wildman–Crippen MR) is 55.8 cm³/mol. The summed E-state index contributed by atoms with van der Waals surface area (Å²) in [5, 5.41) is 8.58. The molecule has 0 aromatic heterocycles. The van der Waals surface area contributed by atoms with Crippen LogP contribution in [0.3, 0.4) is 0 Å². The van der Waals surface area contributed by atoms with E-state index in [1.54, 1.807) is 0 Å². The molecule has 2 rings (SSSR count). The SMILES string of the molecule is N#CCN1CCC(c2ccc(F)cc2)C1. The standard InChI is InChI=1S/C12H13FN2/c13-12-3-1-10(2-4-12)11-5-7-15(9-11)8-6-14/h1-4,11H,5,7-9H2. The number of likely N-dealkylation sites (tertiary alicyclic amines) is 1. The van der Waals surface area contributed by atoms with E-state index in [2.05, 4.69) is 11.0 Å². The Balaban J connectivity index is 2.02. The van der Waals surface area contributed by atoms with Crippen LogP contribution in [-0.2, 0) is 0 Å². The summed E-state index contributed by atoms with van der Waals surface area (Å²) in [4.78, 5) is 2.13. The van der Waals surface area contributed by atoms with Gasteiger partial charge in [0, 0.05) is 6.54 Å². The molecule has 1 saturated heterocycles. The van der Waals surface area contributed by atoms with Crippen LogP contribution in [0.15, 0.2) is 24.3 Å². The molecule has 1 unspecified atom stereocenters. The molecule has 15 heavy (non-hydrogen) atoms. The summed E-state index contributed by atoms with van der Waals surface area (Å²) in [5.41, 5.74) is 1.18. The lowest BCUT2D eigenvalue weighted by molar-refractivity contribution is 0.376. The van der Waals surface area contributed by atoms with Crippen LogP contribution in [0, 0.1) is 17.1 Å². The number of nitriles is 1. The van der Waals surface area contributed by atoms with E-state index in [-0.39, 0.29) is 5.82 Å². The van der Waals surface area contributed by atoms with E-state index in [1.165, 1.54) is 17.7 Å². The van der Waals surface area contributed by atoms with Gasteiger partial charge in [0.1, 0.15) is 5.82 Å². The summed E-state index contributed by atoms with van der Waals surface area (Å²) in [7, 11) is 0. The maximum atomic E-state index is 12.7. The molecule has 1 aliphatic rings. The zero-order chi connectivity index (χ0) is 10.7. The summed E-state index contributed by atoms with van der Waals surface area (Å²) in [6.07, 6.45) is 1.06. The topological polar surface area (TPSA) is 27.0 Å². The molecule has 78 valence electrons. The van der Waals surface area contributed by atoms with Crippen LogP contribution in [0.25, 0.3) is 0 Å². The van der Waals surface area contributed by atoms with E-state index in [0.717, 1.165) is 19.5 Å². The maximum absolute atomic E-state index is 12.7. The molecular weight excluding hydrogens is 191 g/mol. The van der Waals surface area contributed by atoms with Gasteiger partial charge in [-0.3, -0.25) is 4.90 Å². The molecule has 0 aliphatic carbocycles. The molecule has 0 radical (unpaired) electrons. The maximum Gasteiger partial charge on any atom is 0.123 e. The molecule has 0 N–H and O–H groups in total. The Morgan fingerprint density at radius 2 is 2.13 bits per heavy atom. The third kappa shape index (κ3) is 2.34. The highest BCUT2D eigenvalue weighted by Gasteiger charge is 2.23. The highest BCUT2D eigenvalue weighted by Crippen LogP contribution is 2.26. The summed E-state index contributed by atoms with van der Waals surface area (Å²) in [5.74, 6) is 0.268. The second-order valence-electron chi connectivity index (χ2n) is 3.93. The van der Waals surface area contributed by atoms with Gasteiger partial charge in [0.15, 0.2) is 0 Å². The normalized spacial score (nSPS) is 21.5. The lowest BCUT2D eigenvalue weighted by Gasteiger charge is -2.12. The molecule has 0 bridgehead atoms. The second kappa shape index (κ2) is 4.41. The summed E-state index contributed by atoms with van der Waals surface area (Å²) in [6.45, 7) is 2.38. The Hall–Kier alpha value is -1.40. The van der Waals surface area contributed by atoms with Gasteiger partial charge in [0.2, 0.25) is 0 Å². The summed E-state index contributed by atoms with van der Waals surface area (Å²) < 4.78 is 12.7. The summed E-state index contributed by atoms with van der Waals surface area (Å²) >= 11 is 0. The van der Waals surface area contributed by atoms with Crippen molar-refractivity contribution in [1.29, 1.82) is 5.26 Å². The number of nitrogens with zero attached hydrogens (tertiary/aromatic N) is 2. The first kappa shape index (κ1) is 10.1. The minimum atomic E-state index is -0.189. The van der Waals surface area contributed by atoms with Crippen LogP contribution in [0.2, 0.25) is 0 Å². The van der Waals surface area contributed by atoms with Crippen LogP contribution in [-0.4, -0.2) is 24.5 Å². The van der Waals surface area contributed by atoms with Crippen molar-refractivity contribution in [2.75, 3.05) is 19.6 Å². The van der Waals surface area contributed by atoms with Crippen LogP contribution in [0.5, 0.6) is 0 Å². The molecule has 1 heterocycles. The first-order valence-electron chi connectivity index (χ1n) is 5.14. The van der Waals surface area contributed by atoms with Crippen molar-refractivity contribution < 1.29 is 4.39 Å². The predicted octanol–water partition coefficient (Wildman–Crippen LogP) is 2.14. The van der Waals surface area contributed by atoms with Gasteiger partial charge in [-0.15, -0.1) is 0 Å². The fourth-order valence-corrected chi connectivity index (χ4v) is 2.08. The number of hydrogen-bond acceptors (Lipinski definition) is 2. The average Bonchev–Trinajstić information content (AvgIpc) is 2.68. The molecule has 3 heteroatoms. The average molecular weight is 204 g/mol. The quantitative estimate of drug-likeness (QED) is 0.690. The van der Waals surface area contributed by atoms with E-state index in [9.17, 15) is 4.39 Å². The van der Waals surface area contributed by atoms with E-state index >= 15 is 0 Å². The molecule has 2 nitrogen and oxygen atoms in total. The Morgan fingerprint density at radius 3 is 2.80 bits per heavy atom. The Labute approximate surface area is 88.9 Å². The van der Waals surface area contributed by atoms with Crippen molar-refractivity contribution in [3.63, 3.8) is 0 Å². The van der Waals surface area contributed by atoms with Crippen molar-refractivity contribution in [3.8, 4) is 6.07 Å². The highest BCUT2D eigenvalue weighted by molar-refractivity contribution is 5.22. The zero-order valence-corrected chi connectivity index (χ0v) is 8.49. The molecule has 0 saturated carbocycles. The number of hydrogen-bond donors (Lipinski definition) is 0. The van der Waals surface area contributed by atoms with E-state index in [4.69, 9.17) is 5.26 Å². The van der Waals surface area contributed by atoms with Crippen molar-refractivity contribution >= 4 is 0 Å². The van der Waals surface area contributed by atoms with Gasteiger partial charge >= 0.3 is 0 Å². The minimum absolute atomic E-state index is 0.189. The van der Waals surface area contributed by atoms with Gasteiger partial charge in [-0.1, -0.05) is 12.1 Å². The Bertz CT molecular complexity index is 366. The van der Waals surface area contributed by atoms with E-state index < -0.39 is 0 Å². The van der Waals surface area contributed by atoms with Crippen molar-refractivity contribution in [2.24, 2.45) is 0 Å². The molecule has 1 aliphatic heterocycles. The van der Waals surface area contributed by atoms with Gasteiger partial charge in [0.25, 0.3) is 0 Å². The van der Waals surface area contributed by atoms with Crippen molar-refractivity contribution in [2.45, 2.75) is 12.3 Å². The molecule has 1 aromatic carbocycles. The Morgan fingerprint density at radius 1 is 1.40 bits per heavy atom. The van der Waals surface area contributed by atoms with Crippen LogP contribution in [0.1, 0.15) is 17.9 Å². The lowest BCUT2D eigenvalue weighted by atomic mass is 9.99. The summed E-state index contributed by atoms with van der Waals surface area (Å²) in [6, 6.07) is 8.85. The van der Waals surface area contributed by atoms with E-state index in [0.29, 0.717) is 12.5 Å². The minimum Gasteiger partial charge on any atom is -0.290 e. The van der Waals surface area contributed by atoms with Gasteiger partial charge in [-0.25, -0.2) is 4.39 Å². The van der Waals surface area contributed by atoms with Gasteiger partial charge < -0.3 is 0 Å². The molecule has 0 amide bonds. The first-order chi connectivity index (χ1) is 7.29. The first-order valence-corrected chi connectivity index (χ1v) is 5.14. The smallest absolute Gasteiger partial charge is 0.123 e. The monoisotopic (exact) mass is 204 g/mol. The Kier molecular flexibility index (Phi) is 2.98. The molecule has 1 aromatic rings. The highest BCUT2D eigenvalue weighted by atomic mass is 19.1.